The molecule has 18 heavy (non-hydrogen) atoms. The number of hydrogen-bond acceptors (Lipinski definition) is 3. The molecule has 0 aromatic carbocycles. The van der Waals surface area contributed by atoms with Crippen LogP contribution in [0.3, 0.4) is 0 Å². The van der Waals surface area contributed by atoms with Crippen LogP contribution in [0.5, 0.6) is 0 Å². The summed E-state index contributed by atoms with van der Waals surface area (Å²) >= 11 is 0. The molecule has 0 unspecified atom stereocenters. The molecule has 1 fully saturated rings. The van der Waals surface area contributed by atoms with E-state index in [0.29, 0.717) is 5.82 Å². The third kappa shape index (κ3) is 2.60. The molecule has 0 bridgehead atoms. The maximum absolute atomic E-state index is 13.2. The zero-order valence-corrected chi connectivity index (χ0v) is 10.7. The van der Waals surface area contributed by atoms with Crippen molar-refractivity contribution >= 4 is 11.7 Å². The molecule has 0 aliphatic heterocycles. The van der Waals surface area contributed by atoms with Crippen LogP contribution in [0.2, 0.25) is 0 Å². The van der Waals surface area contributed by atoms with Crippen LogP contribution >= 0.6 is 0 Å². The largest absolute Gasteiger partial charge is 0.372 e. The molecule has 1 saturated carbocycles. The van der Waals surface area contributed by atoms with E-state index in [9.17, 15) is 9.18 Å². The standard InChI is InChI=1S/C13H18FN3O/c1-13(5-3-4-6-13)17-12(18)10-7-9(14)8-16-11(10)15-2/h7-8H,3-6H2,1-2H3,(H,15,16)(H,17,18). The average molecular weight is 251 g/mol. The molecule has 0 radical (unpaired) electrons. The normalized spacial score (nSPS) is 17.5. The first kappa shape index (κ1) is 12.8. The van der Waals surface area contributed by atoms with E-state index in [-0.39, 0.29) is 17.0 Å². The molecular weight excluding hydrogens is 233 g/mol. The molecule has 0 atom stereocenters. The van der Waals surface area contributed by atoms with E-state index < -0.39 is 5.82 Å². The van der Waals surface area contributed by atoms with E-state index in [2.05, 4.69) is 15.6 Å². The highest BCUT2D eigenvalue weighted by atomic mass is 19.1. The van der Waals surface area contributed by atoms with Crippen LogP contribution in [0.1, 0.15) is 43.0 Å². The fourth-order valence-corrected chi connectivity index (χ4v) is 2.43. The van der Waals surface area contributed by atoms with Gasteiger partial charge in [0.25, 0.3) is 5.91 Å². The fraction of sp³-hybridized carbons (Fsp3) is 0.538. The molecular formula is C13H18FN3O. The first-order valence-electron chi connectivity index (χ1n) is 6.20. The van der Waals surface area contributed by atoms with Gasteiger partial charge in [-0.2, -0.15) is 0 Å². The lowest BCUT2D eigenvalue weighted by Gasteiger charge is -2.25. The monoisotopic (exact) mass is 251 g/mol. The molecule has 4 nitrogen and oxygen atoms in total. The lowest BCUT2D eigenvalue weighted by atomic mass is 10.00. The highest BCUT2D eigenvalue weighted by Gasteiger charge is 2.31. The van der Waals surface area contributed by atoms with Crippen LogP contribution in [0.15, 0.2) is 12.3 Å². The van der Waals surface area contributed by atoms with Crippen LogP contribution in [0, 0.1) is 5.82 Å². The molecule has 2 N–H and O–H groups in total. The predicted molar refractivity (Wildman–Crippen MR) is 68.1 cm³/mol. The Kier molecular flexibility index (Phi) is 3.50. The van der Waals surface area contributed by atoms with Gasteiger partial charge in [-0.05, 0) is 25.8 Å². The van der Waals surface area contributed by atoms with Gasteiger partial charge >= 0.3 is 0 Å². The number of carbonyl (C=O) groups is 1. The lowest BCUT2D eigenvalue weighted by Crippen LogP contribution is -2.43. The van der Waals surface area contributed by atoms with Crippen LogP contribution in [-0.2, 0) is 0 Å². The van der Waals surface area contributed by atoms with Crippen molar-refractivity contribution < 1.29 is 9.18 Å². The highest BCUT2D eigenvalue weighted by Crippen LogP contribution is 2.29. The first-order valence-corrected chi connectivity index (χ1v) is 6.20. The van der Waals surface area contributed by atoms with E-state index >= 15 is 0 Å². The van der Waals surface area contributed by atoms with Gasteiger partial charge in [-0.3, -0.25) is 4.79 Å². The summed E-state index contributed by atoms with van der Waals surface area (Å²) in [5.74, 6) is -0.373. The van der Waals surface area contributed by atoms with E-state index in [1.54, 1.807) is 7.05 Å². The summed E-state index contributed by atoms with van der Waals surface area (Å²) in [6, 6.07) is 1.21. The second-order valence-corrected chi connectivity index (χ2v) is 5.02. The van der Waals surface area contributed by atoms with Crippen molar-refractivity contribution in [3.8, 4) is 0 Å². The first-order chi connectivity index (χ1) is 8.54. The maximum Gasteiger partial charge on any atom is 0.255 e. The average Bonchev–Trinajstić information content (AvgIpc) is 2.75. The number of rotatable bonds is 3. The van der Waals surface area contributed by atoms with E-state index in [1.807, 2.05) is 6.92 Å². The smallest absolute Gasteiger partial charge is 0.255 e. The number of halogens is 1. The van der Waals surface area contributed by atoms with E-state index in [1.165, 1.54) is 6.07 Å². The van der Waals surface area contributed by atoms with Crippen molar-refractivity contribution in [3.63, 3.8) is 0 Å². The van der Waals surface area contributed by atoms with Gasteiger partial charge in [-0.25, -0.2) is 9.37 Å². The molecule has 1 aliphatic rings. The molecule has 98 valence electrons. The van der Waals surface area contributed by atoms with Crippen LogP contribution < -0.4 is 10.6 Å². The number of anilines is 1. The molecule has 1 aromatic heterocycles. The van der Waals surface area contributed by atoms with Gasteiger partial charge in [-0.15, -0.1) is 0 Å². The Morgan fingerprint density at radius 2 is 2.11 bits per heavy atom. The third-order valence-corrected chi connectivity index (χ3v) is 3.46. The highest BCUT2D eigenvalue weighted by molar-refractivity contribution is 5.99. The van der Waals surface area contributed by atoms with Crippen LogP contribution in [0.4, 0.5) is 10.2 Å². The summed E-state index contributed by atoms with van der Waals surface area (Å²) in [5, 5.41) is 5.79. The number of nitrogens with zero attached hydrogens (tertiary/aromatic N) is 1. The van der Waals surface area contributed by atoms with Gasteiger partial charge in [0.2, 0.25) is 0 Å². The van der Waals surface area contributed by atoms with Crippen molar-refractivity contribution in [2.75, 3.05) is 12.4 Å². The number of carbonyl (C=O) groups excluding carboxylic acids is 1. The number of amides is 1. The minimum absolute atomic E-state index is 0.172. The van der Waals surface area contributed by atoms with Crippen molar-refractivity contribution in [1.82, 2.24) is 10.3 Å². The second-order valence-electron chi connectivity index (χ2n) is 5.02. The van der Waals surface area contributed by atoms with E-state index in [0.717, 1.165) is 31.9 Å². The number of pyridine rings is 1. The Morgan fingerprint density at radius 1 is 1.44 bits per heavy atom. The second kappa shape index (κ2) is 4.92. The van der Waals surface area contributed by atoms with Crippen molar-refractivity contribution in [3.05, 3.63) is 23.6 Å². The predicted octanol–water partition coefficient (Wildman–Crippen LogP) is 2.32. The van der Waals surface area contributed by atoms with Crippen LogP contribution in [0.25, 0.3) is 0 Å². The van der Waals surface area contributed by atoms with Gasteiger partial charge in [0.1, 0.15) is 11.6 Å². The zero-order chi connectivity index (χ0) is 13.2. The Balaban J connectivity index is 2.20. The summed E-state index contributed by atoms with van der Waals surface area (Å²) in [6.45, 7) is 2.03. The topological polar surface area (TPSA) is 54.0 Å². The zero-order valence-electron chi connectivity index (χ0n) is 10.7. The van der Waals surface area contributed by atoms with Crippen molar-refractivity contribution in [2.45, 2.75) is 38.1 Å². The van der Waals surface area contributed by atoms with Gasteiger partial charge in [0.15, 0.2) is 0 Å². The Morgan fingerprint density at radius 3 is 2.72 bits per heavy atom. The molecule has 0 spiro atoms. The molecule has 0 saturated heterocycles. The minimum Gasteiger partial charge on any atom is -0.372 e. The Labute approximate surface area is 106 Å². The van der Waals surface area contributed by atoms with Gasteiger partial charge in [-0.1, -0.05) is 12.8 Å². The van der Waals surface area contributed by atoms with Gasteiger partial charge in [0.05, 0.1) is 11.8 Å². The quantitative estimate of drug-likeness (QED) is 0.866. The van der Waals surface area contributed by atoms with Crippen molar-refractivity contribution in [2.24, 2.45) is 0 Å². The molecule has 5 heteroatoms. The van der Waals surface area contributed by atoms with Gasteiger partial charge in [0, 0.05) is 12.6 Å². The number of aromatic nitrogens is 1. The fourth-order valence-electron chi connectivity index (χ4n) is 2.43. The molecule has 1 aliphatic carbocycles. The van der Waals surface area contributed by atoms with Crippen LogP contribution in [-0.4, -0.2) is 23.5 Å². The Bertz CT molecular complexity index is 456. The summed E-state index contributed by atoms with van der Waals surface area (Å²) < 4.78 is 13.2. The summed E-state index contributed by atoms with van der Waals surface area (Å²) in [6.07, 6.45) is 5.28. The third-order valence-electron chi connectivity index (χ3n) is 3.46. The molecule has 1 aromatic rings. The summed E-state index contributed by atoms with van der Waals surface area (Å²) in [4.78, 5) is 16.0. The Hall–Kier alpha value is -1.65. The summed E-state index contributed by atoms with van der Waals surface area (Å²) in [7, 11) is 1.66. The SMILES string of the molecule is CNc1ncc(F)cc1C(=O)NC1(C)CCCC1. The molecule has 1 amide bonds. The molecule has 2 rings (SSSR count). The minimum atomic E-state index is -0.504. The molecule has 1 heterocycles. The lowest BCUT2D eigenvalue weighted by molar-refractivity contribution is 0.0908. The van der Waals surface area contributed by atoms with Gasteiger partial charge < -0.3 is 10.6 Å². The van der Waals surface area contributed by atoms with Crippen molar-refractivity contribution in [1.29, 1.82) is 0 Å². The maximum atomic E-state index is 13.2. The van der Waals surface area contributed by atoms with E-state index in [4.69, 9.17) is 0 Å². The number of hydrogen-bond donors (Lipinski definition) is 2. The number of nitrogens with one attached hydrogen (secondary N) is 2. The summed E-state index contributed by atoms with van der Waals surface area (Å²) in [5.41, 5.74) is 0.0830.